The lowest BCUT2D eigenvalue weighted by atomic mass is 9.86. The maximum atomic E-state index is 5.82. The number of benzene rings is 1. The van der Waals surface area contributed by atoms with Gasteiger partial charge in [0.2, 0.25) is 0 Å². The van der Waals surface area contributed by atoms with Crippen LogP contribution in [0.2, 0.25) is 0 Å². The Morgan fingerprint density at radius 1 is 1.43 bits per heavy atom. The SMILES string of the molecule is CCN1CCC2=NNC(c3cccc(OC(C)C)c3)C2C1. The number of fused-ring (bicyclic) bond motifs is 1. The molecule has 2 heterocycles. The van der Waals surface area contributed by atoms with Crippen molar-refractivity contribution in [3.8, 4) is 5.75 Å². The van der Waals surface area contributed by atoms with E-state index in [9.17, 15) is 0 Å². The van der Waals surface area contributed by atoms with Gasteiger partial charge in [0, 0.05) is 31.1 Å². The molecule has 3 rings (SSSR count). The van der Waals surface area contributed by atoms with Gasteiger partial charge in [-0.25, -0.2) is 0 Å². The average Bonchev–Trinajstić information content (AvgIpc) is 2.89. The van der Waals surface area contributed by atoms with Gasteiger partial charge in [-0.1, -0.05) is 19.1 Å². The van der Waals surface area contributed by atoms with Crippen LogP contribution in [0, 0.1) is 5.92 Å². The van der Waals surface area contributed by atoms with Crippen LogP contribution in [-0.2, 0) is 0 Å². The molecule has 1 saturated heterocycles. The summed E-state index contributed by atoms with van der Waals surface area (Å²) in [5.74, 6) is 1.44. The van der Waals surface area contributed by atoms with Crippen molar-refractivity contribution in [2.24, 2.45) is 11.0 Å². The third-order valence-electron chi connectivity index (χ3n) is 4.35. The van der Waals surface area contributed by atoms with Gasteiger partial charge in [-0.05, 0) is 38.1 Å². The summed E-state index contributed by atoms with van der Waals surface area (Å²) in [6.45, 7) is 9.70. The van der Waals surface area contributed by atoms with Gasteiger partial charge >= 0.3 is 0 Å². The first-order valence-corrected chi connectivity index (χ1v) is 7.98. The van der Waals surface area contributed by atoms with E-state index in [0.29, 0.717) is 5.92 Å². The Balaban J connectivity index is 1.78. The van der Waals surface area contributed by atoms with E-state index in [1.54, 1.807) is 0 Å². The molecule has 21 heavy (non-hydrogen) atoms. The van der Waals surface area contributed by atoms with Gasteiger partial charge in [0.15, 0.2) is 0 Å². The highest BCUT2D eigenvalue weighted by Crippen LogP contribution is 2.33. The average molecular weight is 287 g/mol. The lowest BCUT2D eigenvalue weighted by molar-refractivity contribution is 0.235. The van der Waals surface area contributed by atoms with Gasteiger partial charge in [0.1, 0.15) is 5.75 Å². The summed E-state index contributed by atoms with van der Waals surface area (Å²) >= 11 is 0. The Morgan fingerprint density at radius 3 is 3.05 bits per heavy atom. The van der Waals surface area contributed by atoms with E-state index in [2.05, 4.69) is 54.4 Å². The topological polar surface area (TPSA) is 36.9 Å². The number of hydrazone groups is 1. The molecule has 4 nitrogen and oxygen atoms in total. The summed E-state index contributed by atoms with van der Waals surface area (Å²) in [6.07, 6.45) is 1.29. The minimum absolute atomic E-state index is 0.203. The predicted molar refractivity (Wildman–Crippen MR) is 85.7 cm³/mol. The molecule has 2 unspecified atom stereocenters. The van der Waals surface area contributed by atoms with Gasteiger partial charge in [0.05, 0.1) is 12.1 Å². The zero-order chi connectivity index (χ0) is 14.8. The fourth-order valence-corrected chi connectivity index (χ4v) is 3.26. The van der Waals surface area contributed by atoms with Crippen molar-refractivity contribution in [2.75, 3.05) is 19.6 Å². The van der Waals surface area contributed by atoms with Crippen molar-refractivity contribution in [1.82, 2.24) is 10.3 Å². The van der Waals surface area contributed by atoms with Gasteiger partial charge in [-0.15, -0.1) is 0 Å². The van der Waals surface area contributed by atoms with Crippen LogP contribution < -0.4 is 10.2 Å². The molecule has 0 amide bonds. The molecule has 1 aromatic carbocycles. The number of rotatable bonds is 4. The second kappa shape index (κ2) is 6.06. The predicted octanol–water partition coefficient (Wildman–Crippen LogP) is 2.82. The molecule has 0 aliphatic carbocycles. The molecule has 4 heteroatoms. The molecule has 0 spiro atoms. The second-order valence-electron chi connectivity index (χ2n) is 6.20. The summed E-state index contributed by atoms with van der Waals surface area (Å²) in [5, 5.41) is 4.57. The lowest BCUT2D eigenvalue weighted by Crippen LogP contribution is -2.41. The lowest BCUT2D eigenvalue weighted by Gasteiger charge is -2.32. The minimum atomic E-state index is 0.203. The standard InChI is InChI=1S/C17H25N3O/c1-4-20-9-8-16-15(11-20)17(19-18-16)13-6-5-7-14(10-13)21-12(2)3/h5-7,10,12,15,17,19H,4,8-9,11H2,1-3H3. The molecule has 1 N–H and O–H groups in total. The number of nitrogens with one attached hydrogen (secondary N) is 1. The van der Waals surface area contributed by atoms with Crippen molar-refractivity contribution in [2.45, 2.75) is 39.3 Å². The van der Waals surface area contributed by atoms with Crippen LogP contribution in [0.3, 0.4) is 0 Å². The summed E-state index contributed by atoms with van der Waals surface area (Å²) < 4.78 is 5.82. The third-order valence-corrected chi connectivity index (χ3v) is 4.35. The highest BCUT2D eigenvalue weighted by molar-refractivity contribution is 5.89. The van der Waals surface area contributed by atoms with E-state index < -0.39 is 0 Å². The van der Waals surface area contributed by atoms with Crippen LogP contribution in [0.15, 0.2) is 29.4 Å². The molecule has 0 bridgehead atoms. The van der Waals surface area contributed by atoms with Gasteiger partial charge in [-0.3, -0.25) is 0 Å². The Hall–Kier alpha value is -1.55. The van der Waals surface area contributed by atoms with Crippen LogP contribution in [0.5, 0.6) is 5.75 Å². The Morgan fingerprint density at radius 2 is 2.29 bits per heavy atom. The van der Waals surface area contributed by atoms with Crippen LogP contribution in [-0.4, -0.2) is 36.3 Å². The highest BCUT2D eigenvalue weighted by atomic mass is 16.5. The molecule has 1 fully saturated rings. The minimum Gasteiger partial charge on any atom is -0.491 e. The molecule has 0 radical (unpaired) electrons. The van der Waals surface area contributed by atoms with Crippen molar-refractivity contribution in [3.05, 3.63) is 29.8 Å². The normalized spacial score (nSPS) is 25.4. The fraction of sp³-hybridized carbons (Fsp3) is 0.588. The Labute approximate surface area is 127 Å². The number of hydrogen-bond donors (Lipinski definition) is 1. The van der Waals surface area contributed by atoms with E-state index in [0.717, 1.165) is 31.8 Å². The quantitative estimate of drug-likeness (QED) is 0.925. The zero-order valence-electron chi connectivity index (χ0n) is 13.2. The first-order chi connectivity index (χ1) is 10.2. The third kappa shape index (κ3) is 3.05. The fourth-order valence-electron chi connectivity index (χ4n) is 3.26. The van der Waals surface area contributed by atoms with Gasteiger partial charge in [-0.2, -0.15) is 5.10 Å². The summed E-state index contributed by atoms with van der Waals surface area (Å²) in [4.78, 5) is 2.51. The monoisotopic (exact) mass is 287 g/mol. The molecule has 2 aliphatic rings. The first-order valence-electron chi connectivity index (χ1n) is 7.98. The van der Waals surface area contributed by atoms with E-state index in [1.807, 2.05) is 6.07 Å². The number of ether oxygens (including phenoxy) is 1. The zero-order valence-corrected chi connectivity index (χ0v) is 13.2. The molecule has 2 atom stereocenters. The Bertz CT molecular complexity index is 527. The Kier molecular flexibility index (Phi) is 4.15. The van der Waals surface area contributed by atoms with Crippen LogP contribution in [0.1, 0.15) is 38.8 Å². The second-order valence-corrected chi connectivity index (χ2v) is 6.20. The summed E-state index contributed by atoms with van der Waals surface area (Å²) in [7, 11) is 0. The van der Waals surface area contributed by atoms with E-state index in [1.165, 1.54) is 11.3 Å². The number of piperidine rings is 1. The maximum Gasteiger partial charge on any atom is 0.120 e. The van der Waals surface area contributed by atoms with Crippen molar-refractivity contribution < 1.29 is 4.74 Å². The number of likely N-dealkylation sites (tertiary alicyclic amines) is 1. The molecule has 2 aliphatic heterocycles. The van der Waals surface area contributed by atoms with Gasteiger partial charge < -0.3 is 15.1 Å². The maximum absolute atomic E-state index is 5.82. The van der Waals surface area contributed by atoms with E-state index in [4.69, 9.17) is 4.74 Å². The number of nitrogens with zero attached hydrogens (tertiary/aromatic N) is 2. The summed E-state index contributed by atoms with van der Waals surface area (Å²) in [5.41, 5.74) is 5.95. The first kappa shape index (κ1) is 14.4. The molecular weight excluding hydrogens is 262 g/mol. The van der Waals surface area contributed by atoms with Crippen LogP contribution in [0.4, 0.5) is 0 Å². The molecule has 1 aromatic rings. The van der Waals surface area contributed by atoms with Crippen LogP contribution in [0.25, 0.3) is 0 Å². The van der Waals surface area contributed by atoms with Crippen molar-refractivity contribution in [3.63, 3.8) is 0 Å². The van der Waals surface area contributed by atoms with Crippen molar-refractivity contribution >= 4 is 5.71 Å². The van der Waals surface area contributed by atoms with Gasteiger partial charge in [0.25, 0.3) is 0 Å². The molecule has 0 aromatic heterocycles. The summed E-state index contributed by atoms with van der Waals surface area (Å²) in [6, 6.07) is 8.71. The highest BCUT2D eigenvalue weighted by Gasteiger charge is 2.36. The largest absolute Gasteiger partial charge is 0.491 e. The van der Waals surface area contributed by atoms with Crippen molar-refractivity contribution in [1.29, 1.82) is 0 Å². The molecule has 114 valence electrons. The molecular formula is C17H25N3O. The van der Waals surface area contributed by atoms with E-state index >= 15 is 0 Å². The number of hydrogen-bond acceptors (Lipinski definition) is 4. The van der Waals surface area contributed by atoms with E-state index in [-0.39, 0.29) is 12.1 Å². The molecule has 0 saturated carbocycles. The smallest absolute Gasteiger partial charge is 0.120 e. The van der Waals surface area contributed by atoms with Crippen LogP contribution >= 0.6 is 0 Å².